The van der Waals surface area contributed by atoms with Gasteiger partial charge in [0.1, 0.15) is 5.82 Å². The molecule has 1 aromatic heterocycles. The summed E-state index contributed by atoms with van der Waals surface area (Å²) in [6, 6.07) is 4.44. The first-order valence-corrected chi connectivity index (χ1v) is 7.44. The van der Waals surface area contributed by atoms with Gasteiger partial charge in [-0.25, -0.2) is 4.98 Å². The summed E-state index contributed by atoms with van der Waals surface area (Å²) in [7, 11) is 2.18. The van der Waals surface area contributed by atoms with Crippen molar-refractivity contribution >= 4 is 5.82 Å². The van der Waals surface area contributed by atoms with Crippen LogP contribution in [0, 0.1) is 11.8 Å². The van der Waals surface area contributed by atoms with E-state index in [2.05, 4.69) is 60.9 Å². The van der Waals surface area contributed by atoms with Crippen LogP contribution in [0.2, 0.25) is 0 Å². The predicted molar refractivity (Wildman–Crippen MR) is 81.7 cm³/mol. The first kappa shape index (κ1) is 14.3. The highest BCUT2D eigenvalue weighted by Crippen LogP contribution is 2.18. The van der Waals surface area contributed by atoms with Crippen molar-refractivity contribution in [2.45, 2.75) is 27.2 Å². The Morgan fingerprint density at radius 1 is 1.11 bits per heavy atom. The number of aromatic nitrogens is 1. The molecule has 0 saturated carbocycles. The standard InChI is InChI=1S/C16H27N3/c1-13(2)14(3)11-15-5-6-16(17-12-15)19-9-7-18(4)8-10-19/h5-6,12-14H,7-11H2,1-4H3. The predicted octanol–water partition coefficient (Wildman–Crippen LogP) is 2.67. The Hall–Kier alpha value is -1.09. The monoisotopic (exact) mass is 261 g/mol. The van der Waals surface area contributed by atoms with E-state index in [4.69, 9.17) is 0 Å². The zero-order valence-corrected chi connectivity index (χ0v) is 12.8. The lowest BCUT2D eigenvalue weighted by Gasteiger charge is -2.33. The molecule has 0 spiro atoms. The van der Waals surface area contributed by atoms with Crippen molar-refractivity contribution in [3.63, 3.8) is 0 Å². The second-order valence-electron chi connectivity index (χ2n) is 6.24. The topological polar surface area (TPSA) is 19.4 Å². The molecule has 1 saturated heterocycles. The minimum absolute atomic E-state index is 0.719. The normalized spacial score (nSPS) is 18.9. The molecule has 3 nitrogen and oxygen atoms in total. The molecular weight excluding hydrogens is 234 g/mol. The molecule has 1 unspecified atom stereocenters. The van der Waals surface area contributed by atoms with Crippen molar-refractivity contribution in [3.8, 4) is 0 Å². The minimum Gasteiger partial charge on any atom is -0.354 e. The highest BCUT2D eigenvalue weighted by atomic mass is 15.3. The summed E-state index contributed by atoms with van der Waals surface area (Å²) in [5.41, 5.74) is 1.36. The third kappa shape index (κ3) is 3.93. The first-order chi connectivity index (χ1) is 9.06. The van der Waals surface area contributed by atoms with Crippen LogP contribution in [0.15, 0.2) is 18.3 Å². The Labute approximate surface area is 117 Å². The van der Waals surface area contributed by atoms with Crippen LogP contribution < -0.4 is 4.90 Å². The number of likely N-dealkylation sites (N-methyl/N-ethyl adjacent to an activating group) is 1. The van der Waals surface area contributed by atoms with Gasteiger partial charge in [0.15, 0.2) is 0 Å². The van der Waals surface area contributed by atoms with Crippen molar-refractivity contribution < 1.29 is 0 Å². The highest BCUT2D eigenvalue weighted by Gasteiger charge is 2.15. The van der Waals surface area contributed by atoms with Gasteiger partial charge in [-0.3, -0.25) is 0 Å². The van der Waals surface area contributed by atoms with E-state index in [0.717, 1.165) is 50.3 Å². The van der Waals surface area contributed by atoms with Crippen LogP contribution in [-0.2, 0) is 6.42 Å². The summed E-state index contributed by atoms with van der Waals surface area (Å²) in [6.45, 7) is 11.3. The van der Waals surface area contributed by atoms with Crippen LogP contribution in [-0.4, -0.2) is 43.1 Å². The summed E-state index contributed by atoms with van der Waals surface area (Å²) < 4.78 is 0. The molecule has 1 aromatic rings. The lowest BCUT2D eigenvalue weighted by Crippen LogP contribution is -2.44. The number of rotatable bonds is 4. The van der Waals surface area contributed by atoms with Gasteiger partial charge in [0.25, 0.3) is 0 Å². The molecule has 106 valence electrons. The fourth-order valence-electron chi connectivity index (χ4n) is 2.37. The molecule has 0 amide bonds. The van der Waals surface area contributed by atoms with Crippen LogP contribution in [0.3, 0.4) is 0 Å². The quantitative estimate of drug-likeness (QED) is 0.830. The number of piperazine rings is 1. The van der Waals surface area contributed by atoms with E-state index in [9.17, 15) is 0 Å². The average molecular weight is 261 g/mol. The summed E-state index contributed by atoms with van der Waals surface area (Å²) in [6.07, 6.45) is 3.19. The lowest BCUT2D eigenvalue weighted by atomic mass is 9.92. The van der Waals surface area contributed by atoms with E-state index in [1.54, 1.807) is 0 Å². The maximum absolute atomic E-state index is 4.65. The maximum atomic E-state index is 4.65. The molecule has 19 heavy (non-hydrogen) atoms. The zero-order chi connectivity index (χ0) is 13.8. The van der Waals surface area contributed by atoms with Crippen molar-refractivity contribution in [1.82, 2.24) is 9.88 Å². The number of anilines is 1. The van der Waals surface area contributed by atoms with Gasteiger partial charge in [0.2, 0.25) is 0 Å². The van der Waals surface area contributed by atoms with E-state index >= 15 is 0 Å². The number of hydrogen-bond donors (Lipinski definition) is 0. The molecule has 0 aliphatic carbocycles. The highest BCUT2D eigenvalue weighted by molar-refractivity contribution is 5.40. The van der Waals surface area contributed by atoms with Crippen LogP contribution >= 0.6 is 0 Å². The van der Waals surface area contributed by atoms with Gasteiger partial charge in [-0.2, -0.15) is 0 Å². The van der Waals surface area contributed by atoms with Crippen molar-refractivity contribution in [3.05, 3.63) is 23.9 Å². The van der Waals surface area contributed by atoms with E-state index < -0.39 is 0 Å². The van der Waals surface area contributed by atoms with Gasteiger partial charge < -0.3 is 9.80 Å². The van der Waals surface area contributed by atoms with Gasteiger partial charge in [-0.05, 0) is 36.9 Å². The fourth-order valence-corrected chi connectivity index (χ4v) is 2.37. The molecule has 1 atom stereocenters. The Morgan fingerprint density at radius 2 is 1.79 bits per heavy atom. The van der Waals surface area contributed by atoms with Crippen LogP contribution in [0.25, 0.3) is 0 Å². The maximum Gasteiger partial charge on any atom is 0.128 e. The second kappa shape index (κ2) is 6.38. The summed E-state index contributed by atoms with van der Waals surface area (Å²) >= 11 is 0. The molecule has 0 radical (unpaired) electrons. The molecule has 1 fully saturated rings. The summed E-state index contributed by atoms with van der Waals surface area (Å²) in [5, 5.41) is 0. The van der Waals surface area contributed by atoms with E-state index in [1.807, 2.05) is 0 Å². The summed E-state index contributed by atoms with van der Waals surface area (Å²) in [4.78, 5) is 9.40. The fraction of sp³-hybridized carbons (Fsp3) is 0.688. The largest absolute Gasteiger partial charge is 0.354 e. The van der Waals surface area contributed by atoms with Gasteiger partial charge >= 0.3 is 0 Å². The molecule has 0 N–H and O–H groups in total. The molecule has 3 heteroatoms. The SMILES string of the molecule is CC(C)C(C)Cc1ccc(N2CCN(C)CC2)nc1. The average Bonchev–Trinajstić information content (AvgIpc) is 2.40. The van der Waals surface area contributed by atoms with Crippen LogP contribution in [0.5, 0.6) is 0 Å². The van der Waals surface area contributed by atoms with Crippen molar-refractivity contribution in [2.75, 3.05) is 38.1 Å². The molecule has 1 aliphatic heterocycles. The molecule has 0 aromatic carbocycles. The second-order valence-corrected chi connectivity index (χ2v) is 6.24. The molecule has 1 aliphatic rings. The number of nitrogens with zero attached hydrogens (tertiary/aromatic N) is 3. The lowest BCUT2D eigenvalue weighted by molar-refractivity contribution is 0.312. The molecule has 2 heterocycles. The van der Waals surface area contributed by atoms with Crippen LogP contribution in [0.1, 0.15) is 26.3 Å². The smallest absolute Gasteiger partial charge is 0.128 e. The third-order valence-corrected chi connectivity index (χ3v) is 4.33. The minimum atomic E-state index is 0.719. The van der Waals surface area contributed by atoms with E-state index in [1.165, 1.54) is 5.56 Å². The zero-order valence-electron chi connectivity index (χ0n) is 12.8. The van der Waals surface area contributed by atoms with E-state index in [-0.39, 0.29) is 0 Å². The number of hydrogen-bond acceptors (Lipinski definition) is 3. The first-order valence-electron chi connectivity index (χ1n) is 7.44. The Bertz CT molecular complexity index is 377. The molecular formula is C16H27N3. The van der Waals surface area contributed by atoms with E-state index in [0.29, 0.717) is 0 Å². The van der Waals surface area contributed by atoms with Gasteiger partial charge in [-0.15, -0.1) is 0 Å². The Kier molecular flexibility index (Phi) is 4.81. The van der Waals surface area contributed by atoms with Gasteiger partial charge in [0.05, 0.1) is 0 Å². The number of pyridine rings is 1. The van der Waals surface area contributed by atoms with Gasteiger partial charge in [-0.1, -0.05) is 26.8 Å². The van der Waals surface area contributed by atoms with Gasteiger partial charge in [0, 0.05) is 32.4 Å². The van der Waals surface area contributed by atoms with Crippen molar-refractivity contribution in [1.29, 1.82) is 0 Å². The summed E-state index contributed by atoms with van der Waals surface area (Å²) in [5.74, 6) is 2.59. The Morgan fingerprint density at radius 3 is 2.32 bits per heavy atom. The third-order valence-electron chi connectivity index (χ3n) is 4.33. The van der Waals surface area contributed by atoms with Crippen molar-refractivity contribution in [2.24, 2.45) is 11.8 Å². The molecule has 0 bridgehead atoms. The molecule has 2 rings (SSSR count). The van der Waals surface area contributed by atoms with Crippen LogP contribution in [0.4, 0.5) is 5.82 Å². The Balaban J connectivity index is 1.94.